The molecule has 27 heavy (non-hydrogen) atoms. The highest BCUT2D eigenvalue weighted by molar-refractivity contribution is 7.09. The minimum absolute atomic E-state index is 0.113. The first-order valence-corrected chi connectivity index (χ1v) is 9.65. The molecule has 0 bridgehead atoms. The third-order valence-electron chi connectivity index (χ3n) is 4.22. The molecular weight excluding hydrogens is 362 g/mol. The van der Waals surface area contributed by atoms with E-state index in [0.29, 0.717) is 25.2 Å². The molecule has 8 heteroatoms. The maximum absolute atomic E-state index is 12.5. The molecule has 1 aromatic carbocycles. The Balaban J connectivity index is 1.50. The first kappa shape index (κ1) is 18.9. The molecular formula is C19H23N5O2S. The van der Waals surface area contributed by atoms with Gasteiger partial charge in [-0.1, -0.05) is 18.2 Å². The minimum Gasteiger partial charge on any atom is -0.353 e. The predicted octanol–water partition coefficient (Wildman–Crippen LogP) is 1.19. The zero-order valence-corrected chi connectivity index (χ0v) is 16.0. The lowest BCUT2D eigenvalue weighted by Crippen LogP contribution is -2.49. The summed E-state index contributed by atoms with van der Waals surface area (Å²) in [6.07, 6.45) is 0. The van der Waals surface area contributed by atoms with Crippen LogP contribution in [-0.4, -0.2) is 49.4 Å². The Morgan fingerprint density at radius 1 is 1.22 bits per heavy atom. The van der Waals surface area contributed by atoms with Crippen molar-refractivity contribution < 1.29 is 9.59 Å². The number of piperazine rings is 1. The number of thiophene rings is 1. The van der Waals surface area contributed by atoms with Gasteiger partial charge in [0, 0.05) is 37.1 Å². The van der Waals surface area contributed by atoms with Crippen molar-refractivity contribution in [3.63, 3.8) is 0 Å². The van der Waals surface area contributed by atoms with Crippen LogP contribution in [0, 0.1) is 0 Å². The number of aliphatic imine (C=N–C) groups is 1. The monoisotopic (exact) mass is 385 g/mol. The molecule has 0 saturated carbocycles. The van der Waals surface area contributed by atoms with E-state index in [9.17, 15) is 9.59 Å². The Bertz CT molecular complexity index is 802. The number of nitrogens with zero attached hydrogens (tertiary/aromatic N) is 2. The third-order valence-corrected chi connectivity index (χ3v) is 5.10. The zero-order valence-electron chi connectivity index (χ0n) is 15.2. The maximum Gasteiger partial charge on any atom is 0.254 e. The second kappa shape index (κ2) is 9.18. The van der Waals surface area contributed by atoms with Gasteiger partial charge in [0.05, 0.1) is 13.1 Å². The molecule has 2 heterocycles. The Morgan fingerprint density at radius 2 is 2.00 bits per heavy atom. The summed E-state index contributed by atoms with van der Waals surface area (Å²) in [5, 5.41) is 11.3. The van der Waals surface area contributed by atoms with Crippen molar-refractivity contribution in [1.29, 1.82) is 0 Å². The van der Waals surface area contributed by atoms with Gasteiger partial charge in [-0.25, -0.2) is 0 Å². The van der Waals surface area contributed by atoms with Crippen LogP contribution in [0.5, 0.6) is 0 Å². The van der Waals surface area contributed by atoms with Gasteiger partial charge in [-0.05, 0) is 29.1 Å². The van der Waals surface area contributed by atoms with Crippen LogP contribution in [0.25, 0.3) is 0 Å². The number of benzene rings is 1. The summed E-state index contributed by atoms with van der Waals surface area (Å²) in [6.45, 7) is 2.50. The van der Waals surface area contributed by atoms with Gasteiger partial charge < -0.3 is 20.9 Å². The highest BCUT2D eigenvalue weighted by Crippen LogP contribution is 2.09. The fraction of sp³-hybridized carbons (Fsp3) is 0.316. The summed E-state index contributed by atoms with van der Waals surface area (Å²) in [5.41, 5.74) is 1.63. The predicted molar refractivity (Wildman–Crippen MR) is 107 cm³/mol. The summed E-state index contributed by atoms with van der Waals surface area (Å²) < 4.78 is 0. The smallest absolute Gasteiger partial charge is 0.254 e. The molecule has 1 aliphatic rings. The molecule has 1 aliphatic heterocycles. The molecule has 0 atom stereocenters. The average molecular weight is 385 g/mol. The molecule has 142 valence electrons. The normalized spacial score (nSPS) is 14.6. The molecule has 2 amide bonds. The lowest BCUT2D eigenvalue weighted by atomic mass is 10.1. The van der Waals surface area contributed by atoms with Gasteiger partial charge in [-0.2, -0.15) is 0 Å². The fourth-order valence-corrected chi connectivity index (χ4v) is 3.39. The lowest BCUT2D eigenvalue weighted by Gasteiger charge is -2.26. The maximum atomic E-state index is 12.5. The number of carbonyl (C=O) groups is 2. The second-order valence-corrected chi connectivity index (χ2v) is 7.16. The third kappa shape index (κ3) is 5.30. The number of guanidine groups is 1. The molecule has 1 saturated heterocycles. The molecule has 0 radical (unpaired) electrons. The molecule has 2 aromatic rings. The molecule has 3 N–H and O–H groups in total. The average Bonchev–Trinajstić information content (AvgIpc) is 3.21. The van der Waals surface area contributed by atoms with E-state index in [1.807, 2.05) is 23.6 Å². The molecule has 3 rings (SSSR count). The Morgan fingerprint density at radius 3 is 2.67 bits per heavy atom. The molecule has 7 nitrogen and oxygen atoms in total. The second-order valence-electron chi connectivity index (χ2n) is 6.13. The standard InChI is InChI=1S/C19H23N5O2S/c1-20-19(23-12-16-3-2-10-27-16)22-11-14-4-6-15(7-5-14)18(26)24-9-8-21-17(25)13-24/h2-7,10H,8-9,11-13H2,1H3,(H,21,25)(H2,20,22,23). The van der Waals surface area contributed by atoms with E-state index in [1.165, 1.54) is 4.88 Å². The number of nitrogens with one attached hydrogen (secondary N) is 3. The molecule has 0 unspecified atom stereocenters. The minimum atomic E-state index is -0.114. The van der Waals surface area contributed by atoms with Crippen molar-refractivity contribution in [3.05, 3.63) is 57.8 Å². The van der Waals surface area contributed by atoms with Gasteiger partial charge >= 0.3 is 0 Å². The van der Waals surface area contributed by atoms with E-state index in [-0.39, 0.29) is 18.4 Å². The van der Waals surface area contributed by atoms with E-state index in [1.54, 1.807) is 35.4 Å². The molecule has 0 aliphatic carbocycles. The van der Waals surface area contributed by atoms with Crippen LogP contribution >= 0.6 is 11.3 Å². The van der Waals surface area contributed by atoms with Crippen molar-refractivity contribution in [2.24, 2.45) is 4.99 Å². The number of hydrogen-bond acceptors (Lipinski definition) is 4. The van der Waals surface area contributed by atoms with Gasteiger partial charge in [0.15, 0.2) is 5.96 Å². The molecule has 0 spiro atoms. The topological polar surface area (TPSA) is 85.8 Å². The molecule has 1 aromatic heterocycles. The fourth-order valence-electron chi connectivity index (χ4n) is 2.75. The van der Waals surface area contributed by atoms with E-state index in [0.717, 1.165) is 18.1 Å². The highest BCUT2D eigenvalue weighted by atomic mass is 32.1. The van der Waals surface area contributed by atoms with Crippen LogP contribution in [0.15, 0.2) is 46.8 Å². The first-order chi connectivity index (χ1) is 13.2. The lowest BCUT2D eigenvalue weighted by molar-refractivity contribution is -0.123. The van der Waals surface area contributed by atoms with Crippen LogP contribution in [0.3, 0.4) is 0 Å². The summed E-state index contributed by atoms with van der Waals surface area (Å²) in [6, 6.07) is 11.5. The van der Waals surface area contributed by atoms with E-state index in [2.05, 4.69) is 27.0 Å². The van der Waals surface area contributed by atoms with Crippen LogP contribution in [0.2, 0.25) is 0 Å². The van der Waals surface area contributed by atoms with Crippen molar-refractivity contribution >= 4 is 29.1 Å². The van der Waals surface area contributed by atoms with Crippen LogP contribution < -0.4 is 16.0 Å². The number of rotatable bonds is 5. The van der Waals surface area contributed by atoms with Crippen LogP contribution in [0.4, 0.5) is 0 Å². The SMILES string of the molecule is CN=C(NCc1ccc(C(=O)N2CCNC(=O)C2)cc1)NCc1cccs1. The van der Waals surface area contributed by atoms with Gasteiger partial charge in [0.2, 0.25) is 5.91 Å². The van der Waals surface area contributed by atoms with Crippen molar-refractivity contribution in [1.82, 2.24) is 20.9 Å². The summed E-state index contributed by atoms with van der Waals surface area (Å²) in [4.78, 5) is 30.9. The van der Waals surface area contributed by atoms with E-state index in [4.69, 9.17) is 0 Å². The van der Waals surface area contributed by atoms with E-state index >= 15 is 0 Å². The quantitative estimate of drug-likeness (QED) is 0.533. The van der Waals surface area contributed by atoms with Gasteiger partial charge in [0.25, 0.3) is 5.91 Å². The number of hydrogen-bond donors (Lipinski definition) is 3. The Kier molecular flexibility index (Phi) is 6.43. The summed E-state index contributed by atoms with van der Waals surface area (Å²) >= 11 is 1.70. The van der Waals surface area contributed by atoms with Crippen LogP contribution in [0.1, 0.15) is 20.8 Å². The van der Waals surface area contributed by atoms with Crippen molar-refractivity contribution in [2.75, 3.05) is 26.7 Å². The van der Waals surface area contributed by atoms with E-state index < -0.39 is 0 Å². The summed E-state index contributed by atoms with van der Waals surface area (Å²) in [5.74, 6) is 0.498. The Labute approximate surface area is 162 Å². The van der Waals surface area contributed by atoms with Crippen LogP contribution in [-0.2, 0) is 17.9 Å². The zero-order chi connectivity index (χ0) is 19.1. The van der Waals surface area contributed by atoms with Crippen molar-refractivity contribution in [2.45, 2.75) is 13.1 Å². The number of carbonyl (C=O) groups excluding carboxylic acids is 2. The number of amides is 2. The summed E-state index contributed by atoms with van der Waals surface area (Å²) in [7, 11) is 1.74. The first-order valence-electron chi connectivity index (χ1n) is 8.77. The highest BCUT2D eigenvalue weighted by Gasteiger charge is 2.22. The van der Waals surface area contributed by atoms with Crippen molar-refractivity contribution in [3.8, 4) is 0 Å². The van der Waals surface area contributed by atoms with Gasteiger partial charge in [-0.15, -0.1) is 11.3 Å². The van der Waals surface area contributed by atoms with Gasteiger partial charge in [-0.3, -0.25) is 14.6 Å². The van der Waals surface area contributed by atoms with Gasteiger partial charge in [0.1, 0.15) is 0 Å². The Hall–Kier alpha value is -2.87. The molecule has 1 fully saturated rings. The largest absolute Gasteiger partial charge is 0.353 e.